The first kappa shape index (κ1) is 11.1. The van der Waals surface area contributed by atoms with Gasteiger partial charge in [-0.2, -0.15) is 0 Å². The molecule has 0 saturated heterocycles. The second kappa shape index (κ2) is 4.37. The first-order valence-corrected chi connectivity index (χ1v) is 6.23. The Morgan fingerprint density at radius 1 is 1.11 bits per heavy atom. The maximum Gasteiger partial charge on any atom is 0.126 e. The fraction of sp³-hybridized carbons (Fsp3) is 0.250. The summed E-state index contributed by atoms with van der Waals surface area (Å²) in [6.45, 7) is 2.78. The standard InChI is InChI=1S/C16H16O2/c1-11-2-4-12(5-3-11)14-8-13-6-7-15(17)9-16(13)18-10-14/h2-7,9,14,17H,8,10H2,1H3. The Kier molecular flexibility index (Phi) is 2.71. The summed E-state index contributed by atoms with van der Waals surface area (Å²) in [4.78, 5) is 0. The lowest BCUT2D eigenvalue weighted by Gasteiger charge is -2.25. The molecule has 1 aliphatic rings. The van der Waals surface area contributed by atoms with Crippen LogP contribution in [0.15, 0.2) is 42.5 Å². The highest BCUT2D eigenvalue weighted by atomic mass is 16.5. The largest absolute Gasteiger partial charge is 0.508 e. The maximum absolute atomic E-state index is 9.42. The molecule has 0 spiro atoms. The van der Waals surface area contributed by atoms with Crippen molar-refractivity contribution >= 4 is 0 Å². The van der Waals surface area contributed by atoms with Gasteiger partial charge in [-0.25, -0.2) is 0 Å². The molecule has 0 bridgehead atoms. The lowest BCUT2D eigenvalue weighted by Crippen LogP contribution is -2.19. The maximum atomic E-state index is 9.42. The summed E-state index contributed by atoms with van der Waals surface area (Å²) in [5, 5.41) is 9.42. The van der Waals surface area contributed by atoms with E-state index >= 15 is 0 Å². The van der Waals surface area contributed by atoms with Crippen molar-refractivity contribution in [3.8, 4) is 11.5 Å². The van der Waals surface area contributed by atoms with Crippen LogP contribution >= 0.6 is 0 Å². The monoisotopic (exact) mass is 240 g/mol. The van der Waals surface area contributed by atoms with Gasteiger partial charge in [-0.05, 0) is 30.5 Å². The number of aromatic hydroxyl groups is 1. The van der Waals surface area contributed by atoms with Gasteiger partial charge in [0.05, 0.1) is 6.61 Å². The third kappa shape index (κ3) is 2.06. The zero-order valence-corrected chi connectivity index (χ0v) is 10.4. The molecule has 2 aromatic carbocycles. The first-order chi connectivity index (χ1) is 8.72. The molecular weight excluding hydrogens is 224 g/mol. The van der Waals surface area contributed by atoms with Crippen LogP contribution in [0.5, 0.6) is 11.5 Å². The summed E-state index contributed by atoms with van der Waals surface area (Å²) < 4.78 is 5.74. The summed E-state index contributed by atoms with van der Waals surface area (Å²) in [5.74, 6) is 1.49. The summed E-state index contributed by atoms with van der Waals surface area (Å²) in [6.07, 6.45) is 0.971. The van der Waals surface area contributed by atoms with Crippen LogP contribution in [0.3, 0.4) is 0 Å². The van der Waals surface area contributed by atoms with Gasteiger partial charge in [0.15, 0.2) is 0 Å². The molecule has 1 heterocycles. The molecule has 0 saturated carbocycles. The highest BCUT2D eigenvalue weighted by molar-refractivity contribution is 5.43. The number of rotatable bonds is 1. The zero-order chi connectivity index (χ0) is 12.5. The molecule has 2 nitrogen and oxygen atoms in total. The van der Waals surface area contributed by atoms with E-state index in [1.165, 1.54) is 16.7 Å². The quantitative estimate of drug-likeness (QED) is 0.827. The van der Waals surface area contributed by atoms with Crippen LogP contribution in [0.2, 0.25) is 0 Å². The minimum absolute atomic E-state index is 0.266. The van der Waals surface area contributed by atoms with Gasteiger partial charge in [-0.15, -0.1) is 0 Å². The lowest BCUT2D eigenvalue weighted by molar-refractivity contribution is 0.261. The summed E-state index contributed by atoms with van der Waals surface area (Å²) in [7, 11) is 0. The fourth-order valence-electron chi connectivity index (χ4n) is 2.41. The van der Waals surface area contributed by atoms with Gasteiger partial charge >= 0.3 is 0 Å². The van der Waals surface area contributed by atoms with Crippen molar-refractivity contribution in [2.45, 2.75) is 19.3 Å². The molecule has 0 aromatic heterocycles. The van der Waals surface area contributed by atoms with E-state index in [2.05, 4.69) is 31.2 Å². The zero-order valence-electron chi connectivity index (χ0n) is 10.4. The van der Waals surface area contributed by atoms with E-state index < -0.39 is 0 Å². The Labute approximate surface area is 107 Å². The molecule has 2 aromatic rings. The van der Waals surface area contributed by atoms with E-state index in [1.54, 1.807) is 12.1 Å². The highest BCUT2D eigenvalue weighted by Crippen LogP contribution is 2.34. The van der Waals surface area contributed by atoms with Gasteiger partial charge < -0.3 is 9.84 Å². The Balaban J connectivity index is 1.86. The Morgan fingerprint density at radius 3 is 2.67 bits per heavy atom. The molecule has 92 valence electrons. The highest BCUT2D eigenvalue weighted by Gasteiger charge is 2.21. The van der Waals surface area contributed by atoms with Crippen LogP contribution in [0.25, 0.3) is 0 Å². The van der Waals surface area contributed by atoms with Crippen LogP contribution in [0, 0.1) is 6.92 Å². The predicted molar refractivity (Wildman–Crippen MR) is 71.2 cm³/mol. The van der Waals surface area contributed by atoms with Gasteiger partial charge in [0, 0.05) is 12.0 Å². The van der Waals surface area contributed by atoms with Crippen LogP contribution in [0.1, 0.15) is 22.6 Å². The van der Waals surface area contributed by atoms with Crippen molar-refractivity contribution < 1.29 is 9.84 Å². The second-order valence-corrected chi connectivity index (χ2v) is 4.91. The molecule has 18 heavy (non-hydrogen) atoms. The molecule has 1 N–H and O–H groups in total. The second-order valence-electron chi connectivity index (χ2n) is 4.91. The molecule has 0 amide bonds. The first-order valence-electron chi connectivity index (χ1n) is 6.23. The molecule has 0 radical (unpaired) electrons. The van der Waals surface area contributed by atoms with Gasteiger partial charge in [-0.3, -0.25) is 0 Å². The van der Waals surface area contributed by atoms with Crippen molar-refractivity contribution in [3.63, 3.8) is 0 Å². The number of hydrogen-bond donors (Lipinski definition) is 1. The van der Waals surface area contributed by atoms with Crippen molar-refractivity contribution in [3.05, 3.63) is 59.2 Å². The van der Waals surface area contributed by atoms with Crippen molar-refractivity contribution in [2.75, 3.05) is 6.61 Å². The Morgan fingerprint density at radius 2 is 1.89 bits per heavy atom. The van der Waals surface area contributed by atoms with Gasteiger partial charge in [0.25, 0.3) is 0 Å². The predicted octanol–water partition coefficient (Wildman–Crippen LogP) is 3.42. The van der Waals surface area contributed by atoms with E-state index in [4.69, 9.17) is 4.74 Å². The van der Waals surface area contributed by atoms with Crippen LogP contribution < -0.4 is 4.74 Å². The van der Waals surface area contributed by atoms with Gasteiger partial charge in [0.1, 0.15) is 11.5 Å². The summed E-state index contributed by atoms with van der Waals surface area (Å²) >= 11 is 0. The number of hydrogen-bond acceptors (Lipinski definition) is 2. The minimum atomic E-state index is 0.266. The van der Waals surface area contributed by atoms with Crippen molar-refractivity contribution in [1.82, 2.24) is 0 Å². The number of fused-ring (bicyclic) bond motifs is 1. The summed E-state index contributed by atoms with van der Waals surface area (Å²) in [6, 6.07) is 14.0. The van der Waals surface area contributed by atoms with Crippen LogP contribution in [0.4, 0.5) is 0 Å². The third-order valence-corrected chi connectivity index (χ3v) is 3.51. The van der Waals surface area contributed by atoms with E-state index in [0.29, 0.717) is 12.5 Å². The van der Waals surface area contributed by atoms with Crippen LogP contribution in [-0.4, -0.2) is 11.7 Å². The number of phenols is 1. The average Bonchev–Trinajstić information content (AvgIpc) is 2.39. The van der Waals surface area contributed by atoms with Crippen LogP contribution in [-0.2, 0) is 6.42 Å². The normalized spacial score (nSPS) is 17.9. The van der Waals surface area contributed by atoms with E-state index in [-0.39, 0.29) is 5.75 Å². The topological polar surface area (TPSA) is 29.5 Å². The minimum Gasteiger partial charge on any atom is -0.508 e. The van der Waals surface area contributed by atoms with E-state index in [9.17, 15) is 5.11 Å². The smallest absolute Gasteiger partial charge is 0.126 e. The summed E-state index contributed by atoms with van der Waals surface area (Å²) in [5.41, 5.74) is 3.77. The molecule has 0 aliphatic carbocycles. The fourth-order valence-corrected chi connectivity index (χ4v) is 2.41. The van der Waals surface area contributed by atoms with E-state index in [0.717, 1.165) is 12.2 Å². The molecule has 1 aliphatic heterocycles. The van der Waals surface area contributed by atoms with Gasteiger partial charge in [0.2, 0.25) is 0 Å². The van der Waals surface area contributed by atoms with Crippen molar-refractivity contribution in [2.24, 2.45) is 0 Å². The van der Waals surface area contributed by atoms with Crippen molar-refractivity contribution in [1.29, 1.82) is 0 Å². The molecule has 3 rings (SSSR count). The Hall–Kier alpha value is -1.96. The SMILES string of the molecule is Cc1ccc(C2COc3cc(O)ccc3C2)cc1. The number of phenolic OH excluding ortho intramolecular Hbond substituents is 1. The molecular formula is C16H16O2. The number of aryl methyl sites for hydroxylation is 1. The number of benzene rings is 2. The molecule has 2 heteroatoms. The van der Waals surface area contributed by atoms with E-state index in [1.807, 2.05) is 6.07 Å². The molecule has 1 atom stereocenters. The molecule has 0 fully saturated rings. The number of ether oxygens (including phenoxy) is 1. The third-order valence-electron chi connectivity index (χ3n) is 3.51. The Bertz CT molecular complexity index is 558. The van der Waals surface area contributed by atoms with Gasteiger partial charge in [-0.1, -0.05) is 35.9 Å². The average molecular weight is 240 g/mol. The lowest BCUT2D eigenvalue weighted by atomic mass is 9.90. The molecule has 1 unspecified atom stereocenters.